The van der Waals surface area contributed by atoms with E-state index in [-0.39, 0.29) is 36.6 Å². The molecule has 2 fully saturated rings. The van der Waals surface area contributed by atoms with Crippen LogP contribution in [0.4, 0.5) is 0 Å². The van der Waals surface area contributed by atoms with E-state index in [4.69, 9.17) is 0 Å². The lowest BCUT2D eigenvalue weighted by Gasteiger charge is -2.23. The molecule has 28 heavy (non-hydrogen) atoms. The van der Waals surface area contributed by atoms with E-state index in [1.165, 1.54) is 24.0 Å². The smallest absolute Gasteiger partial charge is 0.223 e. The lowest BCUT2D eigenvalue weighted by molar-refractivity contribution is -0.123. The van der Waals surface area contributed by atoms with Crippen molar-refractivity contribution in [3.63, 3.8) is 0 Å². The van der Waals surface area contributed by atoms with Crippen LogP contribution in [0.5, 0.6) is 0 Å². The Morgan fingerprint density at radius 3 is 2.61 bits per heavy atom. The van der Waals surface area contributed by atoms with Crippen LogP contribution in [0.3, 0.4) is 0 Å². The minimum Gasteiger partial charge on any atom is -0.352 e. The molecule has 1 unspecified atom stereocenters. The first-order chi connectivity index (χ1) is 12.7. The van der Waals surface area contributed by atoms with Crippen LogP contribution in [0.15, 0.2) is 24.3 Å². The Balaban J connectivity index is 0.00000196. The molecule has 1 atom stereocenters. The van der Waals surface area contributed by atoms with Crippen molar-refractivity contribution >= 4 is 30.7 Å². The third-order valence-corrected chi connectivity index (χ3v) is 6.24. The molecule has 1 saturated carbocycles. The molecule has 4 nitrogen and oxygen atoms in total. The van der Waals surface area contributed by atoms with Gasteiger partial charge >= 0.3 is 0 Å². The van der Waals surface area contributed by atoms with Crippen molar-refractivity contribution in [2.24, 2.45) is 11.3 Å². The molecule has 2 aliphatic rings. The van der Waals surface area contributed by atoms with E-state index in [0.717, 1.165) is 52.0 Å². The van der Waals surface area contributed by atoms with Crippen molar-refractivity contribution in [3.8, 4) is 0 Å². The highest BCUT2D eigenvalue weighted by Crippen LogP contribution is 2.58. The van der Waals surface area contributed by atoms with E-state index < -0.39 is 0 Å². The number of halogens is 2. The maximum atomic E-state index is 12.5. The fourth-order valence-electron chi connectivity index (χ4n) is 4.33. The number of amides is 1. The van der Waals surface area contributed by atoms with Crippen LogP contribution in [0.1, 0.15) is 57.1 Å². The van der Waals surface area contributed by atoms with Crippen molar-refractivity contribution in [3.05, 3.63) is 35.4 Å². The highest BCUT2D eigenvalue weighted by molar-refractivity contribution is 5.85. The minimum absolute atomic E-state index is 0. The average Bonchev–Trinajstić information content (AvgIpc) is 3.37. The molecule has 1 heterocycles. The molecule has 1 aromatic carbocycles. The van der Waals surface area contributed by atoms with Crippen molar-refractivity contribution in [2.75, 3.05) is 26.2 Å². The van der Waals surface area contributed by atoms with Gasteiger partial charge in [-0.05, 0) is 68.4 Å². The molecule has 1 amide bonds. The van der Waals surface area contributed by atoms with Gasteiger partial charge in [0.25, 0.3) is 0 Å². The van der Waals surface area contributed by atoms with Crippen LogP contribution in [0.2, 0.25) is 0 Å². The van der Waals surface area contributed by atoms with Gasteiger partial charge in [-0.2, -0.15) is 0 Å². The molecule has 1 aliphatic carbocycles. The molecule has 1 aromatic rings. The third kappa shape index (κ3) is 6.62. The highest BCUT2D eigenvalue weighted by Gasteiger charge is 2.57. The fraction of sp³-hybridized carbons (Fsp3) is 0.682. The lowest BCUT2D eigenvalue weighted by Crippen LogP contribution is -2.33. The number of carbonyl (C=O) groups excluding carboxylic acids is 1. The maximum absolute atomic E-state index is 12.5. The monoisotopic (exact) mass is 429 g/mol. The van der Waals surface area contributed by atoms with Crippen LogP contribution >= 0.6 is 24.8 Å². The third-order valence-electron chi connectivity index (χ3n) is 6.24. The van der Waals surface area contributed by atoms with Gasteiger partial charge in [0.2, 0.25) is 5.91 Å². The molecule has 160 valence electrons. The van der Waals surface area contributed by atoms with Crippen LogP contribution in [-0.4, -0.2) is 37.0 Å². The quantitative estimate of drug-likeness (QED) is 0.619. The standard InChI is InChI=1S/C22H35N3O.2ClH/c1-3-5-13-25(4-2)17-19-8-6-7-18(14-19)16-24-21(26)20-15-22(20)9-11-23-12-10-22;;/h6-8,14,20,23H,3-5,9-13,15-17H2,1-2H3,(H,24,26);2*1H. The molecule has 0 aromatic heterocycles. The molecule has 6 heteroatoms. The largest absolute Gasteiger partial charge is 0.352 e. The SMILES string of the molecule is CCCCN(CC)Cc1cccc(CNC(=O)C2CC23CCNCC3)c1.Cl.Cl. The first kappa shape index (κ1) is 25.2. The zero-order valence-corrected chi connectivity index (χ0v) is 19.0. The minimum atomic E-state index is 0. The summed E-state index contributed by atoms with van der Waals surface area (Å²) >= 11 is 0. The van der Waals surface area contributed by atoms with Gasteiger partial charge in [-0.1, -0.05) is 44.5 Å². The number of unbranched alkanes of at least 4 members (excludes halogenated alkanes) is 1. The summed E-state index contributed by atoms with van der Waals surface area (Å²) in [7, 11) is 0. The molecule has 1 saturated heterocycles. The Labute approximate surface area is 183 Å². The lowest BCUT2D eigenvalue weighted by atomic mass is 9.92. The van der Waals surface area contributed by atoms with E-state index in [0.29, 0.717) is 12.0 Å². The Morgan fingerprint density at radius 2 is 1.93 bits per heavy atom. The Kier molecular flexibility index (Phi) is 10.8. The van der Waals surface area contributed by atoms with Crippen LogP contribution in [0, 0.1) is 11.3 Å². The van der Waals surface area contributed by atoms with Gasteiger partial charge < -0.3 is 10.6 Å². The number of hydrogen-bond acceptors (Lipinski definition) is 3. The van der Waals surface area contributed by atoms with Gasteiger partial charge in [-0.15, -0.1) is 24.8 Å². The van der Waals surface area contributed by atoms with E-state index in [2.05, 4.69) is 53.6 Å². The Hall–Kier alpha value is -0.810. The Morgan fingerprint density at radius 1 is 1.21 bits per heavy atom. The second-order valence-corrected chi connectivity index (χ2v) is 8.13. The van der Waals surface area contributed by atoms with E-state index in [1.54, 1.807) is 0 Å². The first-order valence-corrected chi connectivity index (χ1v) is 10.5. The van der Waals surface area contributed by atoms with E-state index >= 15 is 0 Å². The number of nitrogens with one attached hydrogen (secondary N) is 2. The van der Waals surface area contributed by atoms with Crippen molar-refractivity contribution < 1.29 is 4.79 Å². The number of piperidine rings is 1. The topological polar surface area (TPSA) is 44.4 Å². The molecule has 0 radical (unpaired) electrons. The number of hydrogen-bond donors (Lipinski definition) is 2. The van der Waals surface area contributed by atoms with Gasteiger partial charge in [-0.25, -0.2) is 0 Å². The summed E-state index contributed by atoms with van der Waals surface area (Å²) in [6.07, 6.45) is 5.89. The number of carbonyl (C=O) groups is 1. The Bertz CT molecular complexity index is 605. The summed E-state index contributed by atoms with van der Waals surface area (Å²) in [6, 6.07) is 8.70. The van der Waals surface area contributed by atoms with E-state index in [9.17, 15) is 4.79 Å². The van der Waals surface area contributed by atoms with Gasteiger partial charge in [0.1, 0.15) is 0 Å². The van der Waals surface area contributed by atoms with E-state index in [1.807, 2.05) is 0 Å². The number of benzene rings is 1. The molecule has 0 bridgehead atoms. The van der Waals surface area contributed by atoms with Gasteiger partial charge in [0.15, 0.2) is 0 Å². The zero-order chi connectivity index (χ0) is 18.4. The second-order valence-electron chi connectivity index (χ2n) is 8.13. The summed E-state index contributed by atoms with van der Waals surface area (Å²) in [6.45, 7) is 10.5. The molecule has 1 aliphatic heterocycles. The van der Waals surface area contributed by atoms with Crippen LogP contribution < -0.4 is 10.6 Å². The van der Waals surface area contributed by atoms with Crippen molar-refractivity contribution in [1.29, 1.82) is 0 Å². The average molecular weight is 430 g/mol. The zero-order valence-electron chi connectivity index (χ0n) is 17.3. The molecule has 3 rings (SSSR count). The summed E-state index contributed by atoms with van der Waals surface area (Å²) in [5.74, 6) is 0.507. The molecular weight excluding hydrogens is 393 g/mol. The summed E-state index contributed by atoms with van der Waals surface area (Å²) in [4.78, 5) is 15.0. The van der Waals surface area contributed by atoms with Gasteiger partial charge in [0.05, 0.1) is 0 Å². The number of rotatable bonds is 9. The second kappa shape index (κ2) is 12.0. The van der Waals surface area contributed by atoms with Crippen molar-refractivity contribution in [1.82, 2.24) is 15.5 Å². The maximum Gasteiger partial charge on any atom is 0.223 e. The predicted molar refractivity (Wildman–Crippen MR) is 121 cm³/mol. The predicted octanol–water partition coefficient (Wildman–Crippen LogP) is 4.16. The van der Waals surface area contributed by atoms with Crippen molar-refractivity contribution in [2.45, 2.75) is 59.0 Å². The van der Waals surface area contributed by atoms with Gasteiger partial charge in [-0.3, -0.25) is 9.69 Å². The highest BCUT2D eigenvalue weighted by atomic mass is 35.5. The fourth-order valence-corrected chi connectivity index (χ4v) is 4.33. The summed E-state index contributed by atoms with van der Waals surface area (Å²) < 4.78 is 0. The molecule has 2 N–H and O–H groups in total. The van der Waals surface area contributed by atoms with Gasteiger partial charge in [0, 0.05) is 19.0 Å². The first-order valence-electron chi connectivity index (χ1n) is 10.5. The summed E-state index contributed by atoms with van der Waals surface area (Å²) in [5, 5.41) is 6.59. The summed E-state index contributed by atoms with van der Waals surface area (Å²) in [5.41, 5.74) is 2.87. The molecule has 1 spiro atoms. The number of nitrogens with zero attached hydrogens (tertiary/aromatic N) is 1. The van der Waals surface area contributed by atoms with Crippen LogP contribution in [0.25, 0.3) is 0 Å². The van der Waals surface area contributed by atoms with Crippen LogP contribution in [-0.2, 0) is 17.9 Å². The molecular formula is C22H37Cl2N3O. The normalized spacial score (nSPS) is 19.6.